The largest absolute Gasteiger partial charge is 0.349 e. The van der Waals surface area contributed by atoms with Crippen LogP contribution in [0, 0.1) is 11.6 Å². The van der Waals surface area contributed by atoms with E-state index in [0.29, 0.717) is 5.52 Å². The third-order valence-corrected chi connectivity index (χ3v) is 5.15. The van der Waals surface area contributed by atoms with Crippen LogP contribution in [0.2, 0.25) is 0 Å². The lowest BCUT2D eigenvalue weighted by molar-refractivity contribution is 0.334. The molecule has 0 N–H and O–H groups in total. The van der Waals surface area contributed by atoms with Crippen LogP contribution in [0.1, 0.15) is 24.4 Å². The van der Waals surface area contributed by atoms with Gasteiger partial charge >= 0.3 is 5.69 Å². The first-order chi connectivity index (χ1) is 13.4. The standard InChI is InChI=1S/C18H15BrF2N6O/c1-11(27-18(28)26-7-12(19)4-14(26)6-23-27)16(8-25-10-22-9-24-25)15-3-2-13(20)5-17(15)21/h2-7,9-11,16H,8H2,1H3. The molecule has 0 fully saturated rings. The zero-order valence-electron chi connectivity index (χ0n) is 14.7. The molecule has 0 bridgehead atoms. The molecule has 3 heterocycles. The molecule has 0 aliphatic carbocycles. The van der Waals surface area contributed by atoms with Gasteiger partial charge in [0.1, 0.15) is 24.3 Å². The van der Waals surface area contributed by atoms with Gasteiger partial charge in [0, 0.05) is 22.7 Å². The Morgan fingerprint density at radius 3 is 2.75 bits per heavy atom. The van der Waals surface area contributed by atoms with Gasteiger partial charge in [0.2, 0.25) is 0 Å². The summed E-state index contributed by atoms with van der Waals surface area (Å²) in [6.45, 7) is 2.01. The number of benzene rings is 1. The second-order valence-electron chi connectivity index (χ2n) is 6.46. The predicted octanol–water partition coefficient (Wildman–Crippen LogP) is 3.17. The first-order valence-corrected chi connectivity index (χ1v) is 9.26. The summed E-state index contributed by atoms with van der Waals surface area (Å²) in [6, 6.07) is 4.65. The molecule has 1 aromatic carbocycles. The fourth-order valence-corrected chi connectivity index (χ4v) is 3.72. The van der Waals surface area contributed by atoms with Gasteiger partial charge in [-0.1, -0.05) is 6.07 Å². The molecule has 0 aliphatic heterocycles. The molecule has 28 heavy (non-hydrogen) atoms. The second kappa shape index (κ2) is 7.27. The lowest BCUT2D eigenvalue weighted by atomic mass is 9.91. The first kappa shape index (κ1) is 18.5. The van der Waals surface area contributed by atoms with Crippen LogP contribution < -0.4 is 5.69 Å². The van der Waals surface area contributed by atoms with Crippen molar-refractivity contribution in [2.45, 2.75) is 25.4 Å². The number of hydrogen-bond acceptors (Lipinski definition) is 4. The number of aromatic nitrogens is 6. The fourth-order valence-electron chi connectivity index (χ4n) is 3.28. The summed E-state index contributed by atoms with van der Waals surface area (Å²) in [4.78, 5) is 16.8. The van der Waals surface area contributed by atoms with Crippen molar-refractivity contribution in [2.75, 3.05) is 0 Å². The van der Waals surface area contributed by atoms with Crippen molar-refractivity contribution < 1.29 is 8.78 Å². The van der Waals surface area contributed by atoms with E-state index in [9.17, 15) is 13.6 Å². The van der Waals surface area contributed by atoms with Gasteiger partial charge in [0.25, 0.3) is 0 Å². The van der Waals surface area contributed by atoms with Crippen molar-refractivity contribution in [3.05, 3.63) is 81.5 Å². The van der Waals surface area contributed by atoms with Gasteiger partial charge in [-0.05, 0) is 40.5 Å². The number of halogens is 3. The van der Waals surface area contributed by atoms with Crippen LogP contribution in [0.3, 0.4) is 0 Å². The van der Waals surface area contributed by atoms with Gasteiger partial charge in [-0.3, -0.25) is 9.08 Å². The molecule has 2 atom stereocenters. The summed E-state index contributed by atoms with van der Waals surface area (Å²) in [5, 5.41) is 8.33. The molecule has 0 spiro atoms. The molecule has 3 aromatic heterocycles. The zero-order chi connectivity index (χ0) is 19.8. The molecule has 0 amide bonds. The van der Waals surface area contributed by atoms with Crippen LogP contribution >= 0.6 is 15.9 Å². The molecule has 144 valence electrons. The number of nitrogens with zero attached hydrogens (tertiary/aromatic N) is 6. The van der Waals surface area contributed by atoms with E-state index in [-0.39, 0.29) is 17.8 Å². The van der Waals surface area contributed by atoms with Crippen LogP contribution in [0.25, 0.3) is 5.52 Å². The highest BCUT2D eigenvalue weighted by atomic mass is 79.9. The number of rotatable bonds is 5. The molecular weight excluding hydrogens is 434 g/mol. The van der Waals surface area contributed by atoms with E-state index in [0.717, 1.165) is 10.5 Å². The highest BCUT2D eigenvalue weighted by molar-refractivity contribution is 9.10. The summed E-state index contributed by atoms with van der Waals surface area (Å²) < 4.78 is 33.0. The zero-order valence-corrected chi connectivity index (χ0v) is 16.3. The van der Waals surface area contributed by atoms with Crippen molar-refractivity contribution >= 4 is 21.4 Å². The van der Waals surface area contributed by atoms with Crippen molar-refractivity contribution in [2.24, 2.45) is 0 Å². The first-order valence-electron chi connectivity index (χ1n) is 8.47. The van der Waals surface area contributed by atoms with Gasteiger partial charge in [-0.2, -0.15) is 10.2 Å². The molecule has 0 saturated heterocycles. The lowest BCUT2D eigenvalue weighted by Gasteiger charge is -2.25. The average Bonchev–Trinajstić information content (AvgIpc) is 3.29. The molecule has 4 aromatic rings. The second-order valence-corrected chi connectivity index (χ2v) is 7.37. The van der Waals surface area contributed by atoms with Crippen LogP contribution in [0.5, 0.6) is 0 Å². The Balaban J connectivity index is 1.81. The summed E-state index contributed by atoms with van der Waals surface area (Å²) >= 11 is 3.34. The van der Waals surface area contributed by atoms with E-state index in [2.05, 4.69) is 31.1 Å². The van der Waals surface area contributed by atoms with Crippen molar-refractivity contribution in [3.63, 3.8) is 0 Å². The van der Waals surface area contributed by atoms with Gasteiger partial charge in [0.05, 0.1) is 24.3 Å². The maximum atomic E-state index is 14.6. The van der Waals surface area contributed by atoms with Gasteiger partial charge in [-0.15, -0.1) is 0 Å². The minimum Gasteiger partial charge on any atom is -0.265 e. The molecule has 2 unspecified atom stereocenters. The third-order valence-electron chi connectivity index (χ3n) is 4.71. The van der Waals surface area contributed by atoms with E-state index in [1.54, 1.807) is 30.1 Å². The average molecular weight is 449 g/mol. The van der Waals surface area contributed by atoms with E-state index in [1.807, 2.05) is 0 Å². The molecule has 0 radical (unpaired) electrons. The third kappa shape index (κ3) is 3.35. The topological polar surface area (TPSA) is 70.0 Å². The van der Waals surface area contributed by atoms with Gasteiger partial charge in [0.15, 0.2) is 0 Å². The highest BCUT2D eigenvalue weighted by Crippen LogP contribution is 2.31. The van der Waals surface area contributed by atoms with Gasteiger partial charge in [-0.25, -0.2) is 23.2 Å². The van der Waals surface area contributed by atoms with Crippen molar-refractivity contribution in [3.8, 4) is 0 Å². The summed E-state index contributed by atoms with van der Waals surface area (Å²) in [5.41, 5.74) is 0.551. The number of fused-ring (bicyclic) bond motifs is 1. The minimum absolute atomic E-state index is 0.241. The van der Waals surface area contributed by atoms with Crippen molar-refractivity contribution in [1.29, 1.82) is 0 Å². The Morgan fingerprint density at radius 2 is 2.04 bits per heavy atom. The Morgan fingerprint density at radius 1 is 1.21 bits per heavy atom. The molecule has 4 rings (SSSR count). The van der Waals surface area contributed by atoms with Crippen molar-refractivity contribution in [1.82, 2.24) is 28.9 Å². The molecule has 0 saturated carbocycles. The maximum Gasteiger partial charge on any atom is 0.349 e. The van der Waals surface area contributed by atoms with Crippen LogP contribution in [0.4, 0.5) is 8.78 Å². The van der Waals surface area contributed by atoms with Crippen LogP contribution in [0.15, 0.2) is 58.6 Å². The fraction of sp³-hybridized carbons (Fsp3) is 0.222. The van der Waals surface area contributed by atoms with Gasteiger partial charge < -0.3 is 0 Å². The molecule has 7 nitrogen and oxygen atoms in total. The smallest absolute Gasteiger partial charge is 0.265 e. The Labute approximate surface area is 166 Å². The monoisotopic (exact) mass is 448 g/mol. The Bertz CT molecular complexity index is 1190. The van der Waals surface area contributed by atoms with E-state index in [4.69, 9.17) is 0 Å². The minimum atomic E-state index is -0.685. The van der Waals surface area contributed by atoms with E-state index < -0.39 is 23.6 Å². The predicted molar refractivity (Wildman–Crippen MR) is 101 cm³/mol. The SMILES string of the molecule is CC(C(Cn1cncn1)c1ccc(F)cc1F)n1ncc2cc(Br)cn2c1=O. The molecule has 0 aliphatic rings. The highest BCUT2D eigenvalue weighted by Gasteiger charge is 2.27. The van der Waals surface area contributed by atoms with E-state index in [1.165, 1.54) is 33.9 Å². The Hall–Kier alpha value is -2.88. The quantitative estimate of drug-likeness (QED) is 0.470. The lowest BCUT2D eigenvalue weighted by Crippen LogP contribution is -2.34. The number of hydrogen-bond donors (Lipinski definition) is 0. The summed E-state index contributed by atoms with van der Waals surface area (Å²) in [5.74, 6) is -1.89. The van der Waals surface area contributed by atoms with Crippen LogP contribution in [-0.4, -0.2) is 28.9 Å². The summed E-state index contributed by atoms with van der Waals surface area (Å²) in [7, 11) is 0. The molecule has 10 heteroatoms. The maximum absolute atomic E-state index is 14.6. The normalized spacial score (nSPS) is 13.7. The van der Waals surface area contributed by atoms with Crippen LogP contribution in [-0.2, 0) is 6.54 Å². The molecular formula is C18H15BrF2N6O. The Kier molecular flexibility index (Phi) is 4.80. The van der Waals surface area contributed by atoms with E-state index >= 15 is 0 Å². The summed E-state index contributed by atoms with van der Waals surface area (Å²) in [6.07, 6.45) is 6.09.